The fourth-order valence-electron chi connectivity index (χ4n) is 6.01. The lowest BCUT2D eigenvalue weighted by Crippen LogP contribution is -2.47. The van der Waals surface area contributed by atoms with Crippen molar-refractivity contribution in [3.63, 3.8) is 0 Å². The molecule has 1 aliphatic carbocycles. The molecule has 1 aromatic carbocycles. The summed E-state index contributed by atoms with van der Waals surface area (Å²) in [4.78, 5) is 0. The maximum absolute atomic E-state index is 2.66. The largest absolute Gasteiger partial charge is 0.115 e. The molecule has 0 heterocycles. The molecule has 0 aromatic heterocycles. The van der Waals surface area contributed by atoms with E-state index in [0.29, 0.717) is 0 Å². The molecule has 0 bridgehead atoms. The monoisotopic (exact) mass is 494 g/mol. The standard InChI is InChI=1S/C34H58Si/c1-4-6-8-9-10-11-12-13-14-15-16-17-18-19-20-24-31-35(3,33-28-22-21-23-29-33)34-30-25-27-32(34)26-7-5-2/h21-23,27-30H,4-20,24-26,31H2,1-3H3. The highest BCUT2D eigenvalue weighted by Crippen LogP contribution is 2.35. The van der Waals surface area contributed by atoms with Crippen molar-refractivity contribution < 1.29 is 0 Å². The fourth-order valence-corrected chi connectivity index (χ4v) is 10.3. The Morgan fingerprint density at radius 3 is 1.57 bits per heavy atom. The van der Waals surface area contributed by atoms with Gasteiger partial charge in [0.1, 0.15) is 8.07 Å². The van der Waals surface area contributed by atoms with E-state index in [0.717, 1.165) is 0 Å². The minimum absolute atomic E-state index is 1.17. The first-order chi connectivity index (χ1) is 17.2. The van der Waals surface area contributed by atoms with Crippen LogP contribution in [-0.4, -0.2) is 8.07 Å². The molecule has 0 fully saturated rings. The molecule has 1 heteroatoms. The lowest BCUT2D eigenvalue weighted by atomic mass is 10.0. The summed E-state index contributed by atoms with van der Waals surface area (Å²) in [5, 5.41) is 3.43. The zero-order chi connectivity index (χ0) is 25.0. The number of unbranched alkanes of at least 4 members (excludes halogenated alkanes) is 16. The Hall–Kier alpha value is -1.08. The van der Waals surface area contributed by atoms with Crippen molar-refractivity contribution in [2.45, 2.75) is 155 Å². The molecule has 0 nitrogen and oxygen atoms in total. The molecule has 1 atom stereocenters. The molecular weight excluding hydrogens is 436 g/mol. The Morgan fingerprint density at radius 2 is 1.06 bits per heavy atom. The molecule has 0 amide bonds. The van der Waals surface area contributed by atoms with E-state index in [-0.39, 0.29) is 0 Å². The molecule has 0 aliphatic heterocycles. The van der Waals surface area contributed by atoms with Crippen molar-refractivity contribution in [1.29, 1.82) is 0 Å². The third kappa shape index (κ3) is 11.7. The number of hydrogen-bond donors (Lipinski definition) is 0. The van der Waals surface area contributed by atoms with Gasteiger partial charge in [-0.2, -0.15) is 0 Å². The van der Waals surface area contributed by atoms with Crippen molar-refractivity contribution in [2.75, 3.05) is 0 Å². The lowest BCUT2D eigenvalue weighted by Gasteiger charge is -2.32. The average Bonchev–Trinajstić information content (AvgIpc) is 3.37. The highest BCUT2D eigenvalue weighted by Gasteiger charge is 2.35. The maximum Gasteiger partial charge on any atom is 0.115 e. The summed E-state index contributed by atoms with van der Waals surface area (Å²) < 4.78 is 0. The fraction of sp³-hybridized carbons (Fsp3) is 0.706. The summed E-state index contributed by atoms with van der Waals surface area (Å²) in [5.74, 6) is 0. The van der Waals surface area contributed by atoms with Crippen molar-refractivity contribution in [3.8, 4) is 0 Å². The van der Waals surface area contributed by atoms with Gasteiger partial charge in [0, 0.05) is 0 Å². The van der Waals surface area contributed by atoms with Crippen LogP contribution < -0.4 is 5.19 Å². The van der Waals surface area contributed by atoms with Crippen LogP contribution in [0.1, 0.15) is 142 Å². The average molecular weight is 495 g/mol. The van der Waals surface area contributed by atoms with Crippen molar-refractivity contribution in [2.24, 2.45) is 0 Å². The normalized spacial score (nSPS) is 15.2. The molecule has 2 rings (SSSR count). The SMILES string of the molecule is CCCCCCCCCCCCCCCCCC[Si](C)(C1=CCC=C1CCCC)c1ccccc1. The molecule has 0 N–H and O–H groups in total. The van der Waals surface area contributed by atoms with Gasteiger partial charge in [0.15, 0.2) is 0 Å². The Kier molecular flexibility index (Phi) is 16.4. The van der Waals surface area contributed by atoms with E-state index in [1.165, 1.54) is 134 Å². The third-order valence-corrected chi connectivity index (χ3v) is 13.0. The lowest BCUT2D eigenvalue weighted by molar-refractivity contribution is 0.531. The van der Waals surface area contributed by atoms with Gasteiger partial charge in [0.2, 0.25) is 0 Å². The van der Waals surface area contributed by atoms with Crippen LogP contribution in [0, 0.1) is 0 Å². The van der Waals surface area contributed by atoms with Gasteiger partial charge in [0.25, 0.3) is 0 Å². The summed E-state index contributed by atoms with van der Waals surface area (Å²) in [5.41, 5.74) is 1.70. The van der Waals surface area contributed by atoms with Gasteiger partial charge in [-0.1, -0.05) is 188 Å². The molecule has 1 aromatic rings. The van der Waals surface area contributed by atoms with Gasteiger partial charge in [-0.15, -0.1) is 0 Å². The predicted molar refractivity (Wildman–Crippen MR) is 162 cm³/mol. The molecule has 0 radical (unpaired) electrons. The number of allylic oxidation sites excluding steroid dienone is 4. The van der Waals surface area contributed by atoms with E-state index in [4.69, 9.17) is 0 Å². The minimum Gasteiger partial charge on any atom is -0.0808 e. The maximum atomic E-state index is 2.66. The Balaban J connectivity index is 1.60. The summed E-state index contributed by atoms with van der Waals surface area (Å²) in [7, 11) is -1.62. The van der Waals surface area contributed by atoms with Crippen LogP contribution >= 0.6 is 0 Å². The second-order valence-electron chi connectivity index (χ2n) is 11.4. The second kappa shape index (κ2) is 19.1. The summed E-state index contributed by atoms with van der Waals surface area (Å²) in [6, 6.07) is 13.0. The van der Waals surface area contributed by atoms with Crippen LogP contribution in [0.4, 0.5) is 0 Å². The van der Waals surface area contributed by atoms with Gasteiger partial charge in [-0.25, -0.2) is 0 Å². The quantitative estimate of drug-likeness (QED) is 0.111. The van der Waals surface area contributed by atoms with Crippen molar-refractivity contribution in [1.82, 2.24) is 0 Å². The van der Waals surface area contributed by atoms with E-state index in [1.54, 1.807) is 16.0 Å². The van der Waals surface area contributed by atoms with Gasteiger partial charge in [0.05, 0.1) is 0 Å². The molecule has 1 aliphatic rings. The molecular formula is C34H58Si. The van der Waals surface area contributed by atoms with Crippen LogP contribution in [0.5, 0.6) is 0 Å². The van der Waals surface area contributed by atoms with Crippen molar-refractivity contribution >= 4 is 13.3 Å². The zero-order valence-corrected chi connectivity index (χ0v) is 24.9. The van der Waals surface area contributed by atoms with Gasteiger partial charge in [-0.05, 0) is 25.3 Å². The summed E-state index contributed by atoms with van der Waals surface area (Å²) >= 11 is 0. The first-order valence-corrected chi connectivity index (χ1v) is 18.4. The van der Waals surface area contributed by atoms with Crippen LogP contribution in [0.25, 0.3) is 0 Å². The summed E-state index contributed by atoms with van der Waals surface area (Å²) in [6.07, 6.45) is 33.4. The van der Waals surface area contributed by atoms with E-state index >= 15 is 0 Å². The van der Waals surface area contributed by atoms with Gasteiger partial charge < -0.3 is 0 Å². The van der Waals surface area contributed by atoms with E-state index < -0.39 is 8.07 Å². The topological polar surface area (TPSA) is 0 Å². The van der Waals surface area contributed by atoms with E-state index in [2.05, 4.69) is 62.9 Å². The molecule has 198 valence electrons. The Labute approximate surface area is 221 Å². The highest BCUT2D eigenvalue weighted by atomic mass is 28.3. The molecule has 0 spiro atoms. The first-order valence-electron chi connectivity index (χ1n) is 15.7. The second-order valence-corrected chi connectivity index (χ2v) is 15.7. The minimum atomic E-state index is -1.62. The highest BCUT2D eigenvalue weighted by molar-refractivity contribution is 6.97. The van der Waals surface area contributed by atoms with E-state index in [9.17, 15) is 0 Å². The number of hydrogen-bond acceptors (Lipinski definition) is 0. The van der Waals surface area contributed by atoms with Crippen LogP contribution in [0.2, 0.25) is 12.6 Å². The summed E-state index contributed by atoms with van der Waals surface area (Å²) in [6.45, 7) is 7.29. The predicted octanol–water partition coefficient (Wildman–Crippen LogP) is 11.2. The third-order valence-electron chi connectivity index (χ3n) is 8.37. The molecule has 0 saturated heterocycles. The zero-order valence-electron chi connectivity index (χ0n) is 23.9. The van der Waals surface area contributed by atoms with Crippen LogP contribution in [0.15, 0.2) is 53.3 Å². The molecule has 35 heavy (non-hydrogen) atoms. The van der Waals surface area contributed by atoms with Gasteiger partial charge >= 0.3 is 0 Å². The van der Waals surface area contributed by atoms with Crippen LogP contribution in [0.3, 0.4) is 0 Å². The smallest absolute Gasteiger partial charge is 0.0808 e. The first kappa shape index (κ1) is 30.1. The molecule has 1 unspecified atom stereocenters. The number of benzene rings is 1. The molecule has 0 saturated carbocycles. The Bertz CT molecular complexity index is 701. The van der Waals surface area contributed by atoms with E-state index in [1.807, 2.05) is 0 Å². The van der Waals surface area contributed by atoms with Crippen molar-refractivity contribution in [3.05, 3.63) is 53.3 Å². The number of rotatable bonds is 22. The van der Waals surface area contributed by atoms with Gasteiger partial charge in [-0.3, -0.25) is 0 Å². The Morgan fingerprint density at radius 1 is 0.571 bits per heavy atom. The van der Waals surface area contributed by atoms with Crippen LogP contribution in [-0.2, 0) is 0 Å².